The molecule has 25 heavy (non-hydrogen) atoms. The molecule has 1 aromatic carbocycles. The number of hydrogen-bond acceptors (Lipinski definition) is 2. The Morgan fingerprint density at radius 1 is 1.20 bits per heavy atom. The Labute approximate surface area is 147 Å². The van der Waals surface area contributed by atoms with Gasteiger partial charge >= 0.3 is 0 Å². The first-order chi connectivity index (χ1) is 12.1. The van der Waals surface area contributed by atoms with Crippen LogP contribution in [0.25, 0.3) is 5.65 Å². The van der Waals surface area contributed by atoms with Crippen molar-refractivity contribution in [3.63, 3.8) is 0 Å². The Kier molecular flexibility index (Phi) is 4.04. The molecule has 2 aromatic heterocycles. The largest absolute Gasteiger partial charge is 0.326 e. The highest BCUT2D eigenvalue weighted by atomic mass is 16.1. The fourth-order valence-electron chi connectivity index (χ4n) is 3.58. The molecule has 1 aliphatic carbocycles. The quantitative estimate of drug-likeness (QED) is 0.781. The Bertz CT molecular complexity index is 909. The van der Waals surface area contributed by atoms with E-state index in [1.54, 1.807) is 0 Å². The first-order valence-electron chi connectivity index (χ1n) is 8.97. The Morgan fingerprint density at radius 3 is 2.76 bits per heavy atom. The van der Waals surface area contributed by atoms with Crippen LogP contribution in [0.5, 0.6) is 0 Å². The maximum Gasteiger partial charge on any atom is 0.227 e. The Hall–Kier alpha value is -2.62. The van der Waals surface area contributed by atoms with Gasteiger partial charge in [0.1, 0.15) is 5.65 Å². The molecule has 1 atom stereocenters. The molecule has 3 aromatic rings. The molecule has 0 saturated heterocycles. The summed E-state index contributed by atoms with van der Waals surface area (Å²) < 4.78 is 2.12. The molecule has 128 valence electrons. The highest BCUT2D eigenvalue weighted by Gasteiger charge is 2.28. The molecule has 4 nitrogen and oxygen atoms in total. The van der Waals surface area contributed by atoms with Crippen LogP contribution in [-0.2, 0) is 17.6 Å². The minimum atomic E-state index is -0.00242. The van der Waals surface area contributed by atoms with E-state index < -0.39 is 0 Å². The van der Waals surface area contributed by atoms with Gasteiger partial charge < -0.3 is 9.72 Å². The number of hydrogen-bond donors (Lipinski definition) is 1. The zero-order valence-electron chi connectivity index (χ0n) is 14.7. The van der Waals surface area contributed by atoms with Gasteiger partial charge in [-0.15, -0.1) is 0 Å². The van der Waals surface area contributed by atoms with Gasteiger partial charge in [-0.3, -0.25) is 4.79 Å². The van der Waals surface area contributed by atoms with E-state index in [-0.39, 0.29) is 11.8 Å². The number of fused-ring (bicyclic) bond motifs is 3. The van der Waals surface area contributed by atoms with Crippen molar-refractivity contribution >= 4 is 17.2 Å². The zero-order valence-corrected chi connectivity index (χ0v) is 14.7. The third kappa shape index (κ3) is 3.04. The lowest BCUT2D eigenvalue weighted by molar-refractivity contribution is -0.120. The van der Waals surface area contributed by atoms with Gasteiger partial charge in [0.05, 0.1) is 5.69 Å². The van der Waals surface area contributed by atoms with Gasteiger partial charge in [0.25, 0.3) is 0 Å². The van der Waals surface area contributed by atoms with Crippen LogP contribution in [0.1, 0.15) is 43.1 Å². The Balaban J connectivity index is 1.50. The Morgan fingerprint density at radius 2 is 2.00 bits per heavy atom. The van der Waals surface area contributed by atoms with E-state index in [1.807, 2.05) is 36.5 Å². The third-order valence-electron chi connectivity index (χ3n) is 5.10. The van der Waals surface area contributed by atoms with Crippen LogP contribution in [0.2, 0.25) is 0 Å². The first kappa shape index (κ1) is 15.9. The smallest absolute Gasteiger partial charge is 0.227 e. The molecule has 0 saturated carbocycles. The van der Waals surface area contributed by atoms with Crippen molar-refractivity contribution in [1.29, 1.82) is 0 Å². The molecule has 0 aliphatic heterocycles. The van der Waals surface area contributed by atoms with E-state index in [1.165, 1.54) is 11.3 Å². The van der Waals surface area contributed by atoms with Crippen molar-refractivity contribution < 1.29 is 4.79 Å². The van der Waals surface area contributed by atoms with Crippen molar-refractivity contribution in [3.8, 4) is 0 Å². The normalized spacial score (nSPS) is 16.8. The number of pyridine rings is 1. The van der Waals surface area contributed by atoms with E-state index in [4.69, 9.17) is 0 Å². The molecule has 0 spiro atoms. The third-order valence-corrected chi connectivity index (χ3v) is 5.10. The number of benzene rings is 1. The number of imidazole rings is 1. The van der Waals surface area contributed by atoms with Gasteiger partial charge in [-0.2, -0.15) is 0 Å². The number of aryl methyl sites for hydroxylation is 1. The van der Waals surface area contributed by atoms with Gasteiger partial charge in [-0.1, -0.05) is 32.0 Å². The van der Waals surface area contributed by atoms with Crippen LogP contribution in [0.3, 0.4) is 0 Å². The minimum Gasteiger partial charge on any atom is -0.326 e. The minimum absolute atomic E-state index is 0.00242. The van der Waals surface area contributed by atoms with Gasteiger partial charge in [0.15, 0.2) is 0 Å². The van der Waals surface area contributed by atoms with Crippen LogP contribution >= 0.6 is 0 Å². The van der Waals surface area contributed by atoms with Crippen molar-refractivity contribution in [1.82, 2.24) is 9.38 Å². The van der Waals surface area contributed by atoms with E-state index in [0.717, 1.165) is 36.3 Å². The summed E-state index contributed by atoms with van der Waals surface area (Å²) in [5.74, 6) is 0.600. The number of nitrogens with zero attached hydrogens (tertiary/aromatic N) is 2. The summed E-state index contributed by atoms with van der Waals surface area (Å²) in [4.78, 5) is 17.4. The molecule has 0 fully saturated rings. The van der Waals surface area contributed by atoms with Crippen molar-refractivity contribution in [3.05, 3.63) is 65.6 Å². The molecule has 1 aliphatic rings. The number of aromatic nitrogens is 2. The molecule has 4 heteroatoms. The molecule has 1 amide bonds. The number of carbonyl (C=O) groups excluding carboxylic acids is 1. The van der Waals surface area contributed by atoms with E-state index in [0.29, 0.717) is 5.92 Å². The van der Waals surface area contributed by atoms with Crippen LogP contribution in [0.15, 0.2) is 48.7 Å². The summed E-state index contributed by atoms with van der Waals surface area (Å²) in [6.07, 6.45) is 4.50. The van der Waals surface area contributed by atoms with E-state index in [2.05, 4.69) is 40.7 Å². The second-order valence-corrected chi connectivity index (χ2v) is 7.14. The molecule has 1 unspecified atom stereocenters. The average Bonchev–Trinajstić information content (AvgIpc) is 3.00. The number of carbonyl (C=O) groups is 1. The van der Waals surface area contributed by atoms with Crippen molar-refractivity contribution in [2.24, 2.45) is 5.92 Å². The maximum absolute atomic E-state index is 12.7. The monoisotopic (exact) mass is 333 g/mol. The highest BCUT2D eigenvalue weighted by Crippen LogP contribution is 2.27. The molecule has 1 N–H and O–H groups in total. The summed E-state index contributed by atoms with van der Waals surface area (Å²) >= 11 is 0. The SMILES string of the molecule is CC(C)c1ccc(NC(=O)C2CCc3nc4ccccn4c3C2)cc1. The molecular weight excluding hydrogens is 310 g/mol. The number of rotatable bonds is 3. The van der Waals surface area contributed by atoms with Crippen molar-refractivity contribution in [2.75, 3.05) is 5.32 Å². The van der Waals surface area contributed by atoms with Crippen LogP contribution in [-0.4, -0.2) is 15.3 Å². The summed E-state index contributed by atoms with van der Waals surface area (Å²) in [5.41, 5.74) is 5.44. The standard InChI is InChI=1S/C21H23N3O/c1-14(2)15-6-9-17(10-7-15)22-21(25)16-8-11-18-19(13-16)24-12-4-3-5-20(24)23-18/h3-7,9-10,12,14,16H,8,11,13H2,1-2H3,(H,22,25). The average molecular weight is 333 g/mol. The molecule has 0 bridgehead atoms. The zero-order chi connectivity index (χ0) is 17.4. The van der Waals surface area contributed by atoms with Gasteiger partial charge in [-0.25, -0.2) is 4.98 Å². The van der Waals surface area contributed by atoms with Crippen LogP contribution < -0.4 is 5.32 Å². The summed E-state index contributed by atoms with van der Waals surface area (Å²) in [7, 11) is 0. The second-order valence-electron chi connectivity index (χ2n) is 7.14. The number of nitrogens with one attached hydrogen (secondary N) is 1. The van der Waals surface area contributed by atoms with E-state index >= 15 is 0 Å². The second kappa shape index (κ2) is 6.36. The van der Waals surface area contributed by atoms with Crippen LogP contribution in [0.4, 0.5) is 5.69 Å². The van der Waals surface area contributed by atoms with Gasteiger partial charge in [0, 0.05) is 29.9 Å². The van der Waals surface area contributed by atoms with Crippen molar-refractivity contribution in [2.45, 2.75) is 39.0 Å². The summed E-state index contributed by atoms with van der Waals surface area (Å²) in [6, 6.07) is 14.2. The number of amides is 1. The predicted molar refractivity (Wildman–Crippen MR) is 99.9 cm³/mol. The predicted octanol–water partition coefficient (Wildman–Crippen LogP) is 4.20. The van der Waals surface area contributed by atoms with E-state index in [9.17, 15) is 4.79 Å². The molecule has 2 heterocycles. The molecular formula is C21H23N3O. The molecule has 4 rings (SSSR count). The molecule has 0 radical (unpaired) electrons. The first-order valence-corrected chi connectivity index (χ1v) is 8.97. The lowest BCUT2D eigenvalue weighted by atomic mass is 9.89. The fourth-order valence-corrected chi connectivity index (χ4v) is 3.58. The highest BCUT2D eigenvalue weighted by molar-refractivity contribution is 5.92. The fraction of sp³-hybridized carbons (Fsp3) is 0.333. The van der Waals surface area contributed by atoms with Gasteiger partial charge in [-0.05, 0) is 48.6 Å². The maximum atomic E-state index is 12.7. The van der Waals surface area contributed by atoms with Crippen LogP contribution in [0, 0.1) is 5.92 Å². The van der Waals surface area contributed by atoms with Gasteiger partial charge in [0.2, 0.25) is 5.91 Å². The topological polar surface area (TPSA) is 46.4 Å². The summed E-state index contributed by atoms with van der Waals surface area (Å²) in [6.45, 7) is 4.34. The summed E-state index contributed by atoms with van der Waals surface area (Å²) in [5, 5.41) is 3.08. The number of anilines is 1. The lowest BCUT2D eigenvalue weighted by Crippen LogP contribution is -2.28. The lowest BCUT2D eigenvalue weighted by Gasteiger charge is -2.21.